The van der Waals surface area contributed by atoms with Crippen molar-refractivity contribution < 1.29 is 4.39 Å². The molecule has 1 aliphatic heterocycles. The molecule has 40 heavy (non-hydrogen) atoms. The van der Waals surface area contributed by atoms with Crippen molar-refractivity contribution in [3.8, 4) is 5.69 Å². The van der Waals surface area contributed by atoms with Gasteiger partial charge in [-0.05, 0) is 97.5 Å². The van der Waals surface area contributed by atoms with Crippen molar-refractivity contribution in [2.45, 2.75) is 32.7 Å². The predicted octanol–water partition coefficient (Wildman–Crippen LogP) is 6.52. The van der Waals surface area contributed by atoms with Crippen LogP contribution in [-0.2, 0) is 6.42 Å². The molecule has 0 radical (unpaired) electrons. The van der Waals surface area contributed by atoms with Crippen molar-refractivity contribution in [3.63, 3.8) is 0 Å². The Bertz CT molecular complexity index is 2010. The lowest BCUT2D eigenvalue weighted by Crippen LogP contribution is -2.38. The van der Waals surface area contributed by atoms with Gasteiger partial charge in [-0.2, -0.15) is 0 Å². The van der Waals surface area contributed by atoms with Gasteiger partial charge in [0.2, 0.25) is 0 Å². The van der Waals surface area contributed by atoms with Crippen molar-refractivity contribution in [2.75, 3.05) is 0 Å². The molecular formula is C33H25ClFN3OS. The van der Waals surface area contributed by atoms with Crippen LogP contribution in [0.25, 0.3) is 17.5 Å². The van der Waals surface area contributed by atoms with Crippen LogP contribution in [0.1, 0.15) is 46.1 Å². The smallest absolute Gasteiger partial charge is 0.271 e. The van der Waals surface area contributed by atoms with Crippen LogP contribution in [0.4, 0.5) is 4.39 Å². The van der Waals surface area contributed by atoms with Gasteiger partial charge in [0.25, 0.3) is 5.56 Å². The van der Waals surface area contributed by atoms with Gasteiger partial charge in [0.15, 0.2) is 4.80 Å². The highest BCUT2D eigenvalue weighted by molar-refractivity contribution is 7.07. The summed E-state index contributed by atoms with van der Waals surface area (Å²) in [7, 11) is 0. The number of thiazole rings is 1. The maximum atomic E-state index is 14.1. The zero-order valence-corrected chi connectivity index (χ0v) is 23.6. The summed E-state index contributed by atoms with van der Waals surface area (Å²) in [4.78, 5) is 19.8. The molecule has 5 aromatic rings. The van der Waals surface area contributed by atoms with E-state index in [1.54, 1.807) is 16.7 Å². The first kappa shape index (κ1) is 25.0. The molecule has 7 heteroatoms. The third-order valence-corrected chi connectivity index (χ3v) is 9.14. The summed E-state index contributed by atoms with van der Waals surface area (Å²) in [5.74, 6) is -0.296. The first-order valence-corrected chi connectivity index (χ1v) is 14.4. The lowest BCUT2D eigenvalue weighted by Gasteiger charge is -2.30. The van der Waals surface area contributed by atoms with Crippen LogP contribution in [0.5, 0.6) is 0 Å². The molecule has 0 saturated carbocycles. The topological polar surface area (TPSA) is 39.3 Å². The second kappa shape index (κ2) is 9.58. The maximum absolute atomic E-state index is 14.1. The summed E-state index contributed by atoms with van der Waals surface area (Å²) in [6, 6.07) is 24.3. The molecule has 0 bridgehead atoms. The van der Waals surface area contributed by atoms with E-state index in [0.717, 1.165) is 57.9 Å². The molecule has 2 aromatic heterocycles. The van der Waals surface area contributed by atoms with Gasteiger partial charge in [-0.3, -0.25) is 9.36 Å². The van der Waals surface area contributed by atoms with Gasteiger partial charge in [-0.15, -0.1) is 0 Å². The Hall–Kier alpha value is -4.00. The molecule has 2 aliphatic rings. The van der Waals surface area contributed by atoms with E-state index in [2.05, 4.69) is 42.7 Å². The Balaban J connectivity index is 1.43. The highest BCUT2D eigenvalue weighted by Crippen LogP contribution is 2.41. The predicted molar refractivity (Wildman–Crippen MR) is 159 cm³/mol. The van der Waals surface area contributed by atoms with E-state index in [1.165, 1.54) is 29.0 Å². The van der Waals surface area contributed by atoms with E-state index in [9.17, 15) is 9.18 Å². The Morgan fingerprint density at radius 3 is 2.52 bits per heavy atom. The monoisotopic (exact) mass is 565 g/mol. The van der Waals surface area contributed by atoms with Gasteiger partial charge in [0.05, 0.1) is 16.3 Å². The largest absolute Gasteiger partial charge is 0.318 e. The first-order valence-electron chi connectivity index (χ1n) is 13.2. The van der Waals surface area contributed by atoms with Crippen molar-refractivity contribution >= 4 is 34.7 Å². The summed E-state index contributed by atoms with van der Waals surface area (Å²) < 4.78 is 18.5. The van der Waals surface area contributed by atoms with E-state index >= 15 is 0 Å². The molecule has 4 nitrogen and oxygen atoms in total. The first-order chi connectivity index (χ1) is 19.4. The van der Waals surface area contributed by atoms with Crippen LogP contribution in [0, 0.1) is 19.7 Å². The summed E-state index contributed by atoms with van der Waals surface area (Å²) in [5.41, 5.74) is 9.31. The second-order valence-corrected chi connectivity index (χ2v) is 11.7. The van der Waals surface area contributed by atoms with Crippen LogP contribution < -0.4 is 14.9 Å². The Kier molecular flexibility index (Phi) is 5.99. The minimum Gasteiger partial charge on any atom is -0.318 e. The molecular weight excluding hydrogens is 541 g/mol. The van der Waals surface area contributed by atoms with Crippen LogP contribution in [0.3, 0.4) is 0 Å². The highest BCUT2D eigenvalue weighted by atomic mass is 35.5. The van der Waals surface area contributed by atoms with Crippen LogP contribution in [0.15, 0.2) is 94.2 Å². The molecule has 0 saturated heterocycles. The second-order valence-electron chi connectivity index (χ2n) is 10.3. The number of halogens is 2. The quantitative estimate of drug-likeness (QED) is 0.245. The van der Waals surface area contributed by atoms with Crippen molar-refractivity contribution in [3.05, 3.63) is 149 Å². The van der Waals surface area contributed by atoms with Crippen LogP contribution in [0.2, 0.25) is 5.02 Å². The SMILES string of the molecule is Cc1cc(/C=c2/sc3n(c2=O)[C@H](c2ccc(F)cc2)C2=C(N=3)c3ccccc3CC2)c(C)n1-c1ccc(Cl)cc1. The average molecular weight is 566 g/mol. The van der Waals surface area contributed by atoms with Gasteiger partial charge >= 0.3 is 0 Å². The number of nitrogens with zero attached hydrogens (tertiary/aromatic N) is 3. The van der Waals surface area contributed by atoms with E-state index < -0.39 is 0 Å². The number of aryl methyl sites for hydroxylation is 2. The van der Waals surface area contributed by atoms with Crippen molar-refractivity contribution in [1.29, 1.82) is 0 Å². The van der Waals surface area contributed by atoms with Gasteiger partial charge in [-0.25, -0.2) is 9.38 Å². The fraction of sp³-hybridized carbons (Fsp3) is 0.152. The van der Waals surface area contributed by atoms with E-state index in [4.69, 9.17) is 16.6 Å². The fourth-order valence-corrected chi connectivity index (χ4v) is 7.15. The van der Waals surface area contributed by atoms with Crippen molar-refractivity contribution in [1.82, 2.24) is 9.13 Å². The van der Waals surface area contributed by atoms with Gasteiger partial charge in [-0.1, -0.05) is 59.3 Å². The third kappa shape index (κ3) is 4.02. The molecule has 0 spiro atoms. The van der Waals surface area contributed by atoms with Crippen molar-refractivity contribution in [2.24, 2.45) is 4.99 Å². The summed E-state index contributed by atoms with van der Waals surface area (Å²) in [5, 5.41) is 0.688. The van der Waals surface area contributed by atoms with Gasteiger partial charge in [0.1, 0.15) is 5.82 Å². The van der Waals surface area contributed by atoms with E-state index in [-0.39, 0.29) is 17.4 Å². The zero-order chi connectivity index (χ0) is 27.5. The highest BCUT2D eigenvalue weighted by Gasteiger charge is 2.32. The number of rotatable bonds is 3. The van der Waals surface area contributed by atoms with Gasteiger partial charge < -0.3 is 4.57 Å². The molecule has 1 atom stereocenters. The minimum atomic E-state index is -0.330. The lowest BCUT2D eigenvalue weighted by atomic mass is 9.83. The van der Waals surface area contributed by atoms with Gasteiger partial charge in [0, 0.05) is 27.7 Å². The third-order valence-electron chi connectivity index (χ3n) is 7.90. The molecule has 0 amide bonds. The molecule has 3 heterocycles. The lowest BCUT2D eigenvalue weighted by molar-refractivity contribution is 0.581. The van der Waals surface area contributed by atoms with Crippen LogP contribution in [-0.4, -0.2) is 9.13 Å². The summed E-state index contributed by atoms with van der Waals surface area (Å²) >= 11 is 7.52. The minimum absolute atomic E-state index is 0.0835. The number of benzene rings is 3. The molecule has 1 aliphatic carbocycles. The maximum Gasteiger partial charge on any atom is 0.271 e. The van der Waals surface area contributed by atoms with E-state index in [0.29, 0.717) is 14.4 Å². The summed E-state index contributed by atoms with van der Waals surface area (Å²) in [6.45, 7) is 4.11. The fourth-order valence-electron chi connectivity index (χ4n) is 6.03. The number of aromatic nitrogens is 2. The molecule has 0 N–H and O–H groups in total. The Morgan fingerprint density at radius 1 is 1.00 bits per heavy atom. The number of hydrogen-bond acceptors (Lipinski definition) is 3. The standard InChI is InChI=1S/C33H25ClFN3OS/c1-19-17-23(20(2)37(19)26-14-10-24(34)11-15-26)18-29-32(39)38-31(22-7-12-25(35)13-8-22)28-16-9-21-5-3-4-6-27(21)30(28)36-33(38)40-29/h3-8,10-15,17-18,31H,9,16H2,1-2H3/b29-18+/t31-/m1/s1. The van der Waals surface area contributed by atoms with E-state index in [1.807, 2.05) is 36.4 Å². The number of allylic oxidation sites excluding steroid dienone is 1. The Morgan fingerprint density at radius 2 is 1.75 bits per heavy atom. The summed E-state index contributed by atoms with van der Waals surface area (Å²) in [6.07, 6.45) is 3.64. The molecule has 198 valence electrons. The average Bonchev–Trinajstić information content (AvgIpc) is 3.42. The number of fused-ring (bicyclic) bond motifs is 3. The molecule has 7 rings (SSSR count). The molecule has 3 aromatic carbocycles. The van der Waals surface area contributed by atoms with Crippen LogP contribution >= 0.6 is 22.9 Å². The number of hydrogen-bond donors (Lipinski definition) is 0. The normalized spacial score (nSPS) is 16.4. The zero-order valence-electron chi connectivity index (χ0n) is 22.0. The Labute approximate surface area is 239 Å². The molecule has 0 unspecified atom stereocenters. The molecule has 0 fully saturated rings.